The SMILES string of the molecule is O=S(=O)(c1ccccc1)P(c1ccccc1)c1ccccc1. The highest BCUT2D eigenvalue weighted by Gasteiger charge is 2.30. The molecule has 0 N–H and O–H groups in total. The van der Waals surface area contributed by atoms with Gasteiger partial charge < -0.3 is 0 Å². The largest absolute Gasteiger partial charge is 0.219 e. The van der Waals surface area contributed by atoms with Gasteiger partial charge in [-0.15, -0.1) is 0 Å². The Labute approximate surface area is 131 Å². The van der Waals surface area contributed by atoms with Crippen LogP contribution in [0.15, 0.2) is 95.9 Å². The van der Waals surface area contributed by atoms with Crippen LogP contribution >= 0.6 is 7.12 Å². The first-order valence-electron chi connectivity index (χ1n) is 6.90. The van der Waals surface area contributed by atoms with Gasteiger partial charge in [-0.25, -0.2) is 8.42 Å². The van der Waals surface area contributed by atoms with Crippen molar-refractivity contribution in [2.24, 2.45) is 0 Å². The molecule has 0 aliphatic heterocycles. The summed E-state index contributed by atoms with van der Waals surface area (Å²) in [5.74, 6) is 0. The first-order valence-corrected chi connectivity index (χ1v) is 10.3. The normalized spacial score (nSPS) is 11.5. The first-order chi connectivity index (χ1) is 10.7. The molecule has 0 aromatic heterocycles. The van der Waals surface area contributed by atoms with Crippen molar-refractivity contribution in [3.63, 3.8) is 0 Å². The van der Waals surface area contributed by atoms with E-state index in [1.807, 2.05) is 66.7 Å². The summed E-state index contributed by atoms with van der Waals surface area (Å²) in [5, 5.41) is 1.68. The Kier molecular flexibility index (Phi) is 4.37. The molecule has 3 aromatic carbocycles. The van der Waals surface area contributed by atoms with E-state index in [0.29, 0.717) is 4.90 Å². The number of benzene rings is 3. The Morgan fingerprint density at radius 3 is 1.32 bits per heavy atom. The smallest absolute Gasteiger partial charge is 0.203 e. The fourth-order valence-corrected chi connectivity index (χ4v) is 8.10. The van der Waals surface area contributed by atoms with Gasteiger partial charge in [-0.3, -0.25) is 0 Å². The van der Waals surface area contributed by atoms with Gasteiger partial charge in [0.1, 0.15) is 0 Å². The van der Waals surface area contributed by atoms with Crippen LogP contribution in [-0.4, -0.2) is 8.42 Å². The minimum Gasteiger partial charge on any atom is -0.219 e. The van der Waals surface area contributed by atoms with Crippen LogP contribution in [0, 0.1) is 0 Å². The Bertz CT molecular complexity index is 793. The molecule has 0 fully saturated rings. The molecule has 0 atom stereocenters. The highest BCUT2D eigenvalue weighted by Crippen LogP contribution is 2.45. The van der Waals surface area contributed by atoms with Crippen LogP contribution in [0.4, 0.5) is 0 Å². The maximum Gasteiger partial charge on any atom is 0.203 e. The van der Waals surface area contributed by atoms with Gasteiger partial charge in [0.05, 0.1) is 12.0 Å². The van der Waals surface area contributed by atoms with Crippen molar-refractivity contribution in [1.82, 2.24) is 0 Å². The predicted molar refractivity (Wildman–Crippen MR) is 92.7 cm³/mol. The fraction of sp³-hybridized carbons (Fsp3) is 0. The van der Waals surface area contributed by atoms with Gasteiger partial charge in [0.2, 0.25) is 9.46 Å². The molecule has 0 heterocycles. The second-order valence-corrected chi connectivity index (χ2v) is 10.3. The van der Waals surface area contributed by atoms with Crippen LogP contribution in [0.2, 0.25) is 0 Å². The molecule has 3 rings (SSSR count). The third-order valence-electron chi connectivity index (χ3n) is 3.26. The van der Waals surface area contributed by atoms with Gasteiger partial charge in [0.25, 0.3) is 0 Å². The highest BCUT2D eigenvalue weighted by molar-refractivity contribution is 8.54. The lowest BCUT2D eigenvalue weighted by molar-refractivity contribution is 0.610. The summed E-state index contributed by atoms with van der Waals surface area (Å²) in [6.07, 6.45) is 0. The van der Waals surface area contributed by atoms with Gasteiger partial charge in [0.15, 0.2) is 0 Å². The zero-order valence-corrected chi connectivity index (χ0v) is 13.5. The van der Waals surface area contributed by atoms with Crippen molar-refractivity contribution in [3.8, 4) is 0 Å². The van der Waals surface area contributed by atoms with Crippen molar-refractivity contribution >= 4 is 27.2 Å². The van der Waals surface area contributed by atoms with Crippen LogP contribution in [0.3, 0.4) is 0 Å². The third kappa shape index (κ3) is 2.96. The Morgan fingerprint density at radius 1 is 0.545 bits per heavy atom. The first kappa shape index (κ1) is 15.0. The maximum absolute atomic E-state index is 13.2. The second-order valence-electron chi connectivity index (χ2n) is 4.75. The van der Waals surface area contributed by atoms with Crippen LogP contribution in [-0.2, 0) is 9.46 Å². The Morgan fingerprint density at radius 2 is 0.909 bits per heavy atom. The molecule has 22 heavy (non-hydrogen) atoms. The Hall–Kier alpha value is -1.96. The summed E-state index contributed by atoms with van der Waals surface area (Å²) in [4.78, 5) is 0.369. The molecule has 4 heteroatoms. The average Bonchev–Trinajstić information content (AvgIpc) is 2.58. The fourth-order valence-electron chi connectivity index (χ4n) is 2.25. The Balaban J connectivity index is 2.19. The van der Waals surface area contributed by atoms with Gasteiger partial charge in [0, 0.05) is 0 Å². The van der Waals surface area contributed by atoms with E-state index >= 15 is 0 Å². The van der Waals surface area contributed by atoms with E-state index in [4.69, 9.17) is 0 Å². The van der Waals surface area contributed by atoms with E-state index in [1.165, 1.54) is 0 Å². The minimum atomic E-state index is -3.44. The van der Waals surface area contributed by atoms with Crippen molar-refractivity contribution in [1.29, 1.82) is 0 Å². The van der Waals surface area contributed by atoms with E-state index in [1.54, 1.807) is 24.3 Å². The van der Waals surface area contributed by atoms with Crippen molar-refractivity contribution < 1.29 is 8.42 Å². The van der Waals surface area contributed by atoms with Gasteiger partial charge in [-0.1, -0.05) is 78.9 Å². The standard InChI is InChI=1S/C18H15O2PS/c19-22(20,18-14-8-3-9-15-18)21(16-10-4-1-5-11-16)17-12-6-2-7-13-17/h1-15H. The molecule has 0 aliphatic rings. The maximum atomic E-state index is 13.2. The van der Waals surface area contributed by atoms with Crippen molar-refractivity contribution in [2.75, 3.05) is 0 Å². The lowest BCUT2D eigenvalue weighted by Crippen LogP contribution is -2.18. The van der Waals surface area contributed by atoms with Crippen LogP contribution in [0.25, 0.3) is 0 Å². The highest BCUT2D eigenvalue weighted by atomic mass is 32.8. The molecule has 0 amide bonds. The van der Waals surface area contributed by atoms with Gasteiger partial charge in [-0.2, -0.15) is 0 Å². The topological polar surface area (TPSA) is 34.1 Å². The molecule has 3 aromatic rings. The summed E-state index contributed by atoms with van der Waals surface area (Å²) in [7, 11) is -4.94. The summed E-state index contributed by atoms with van der Waals surface area (Å²) in [6, 6.07) is 27.6. The van der Waals surface area contributed by atoms with Gasteiger partial charge >= 0.3 is 0 Å². The molecule has 0 saturated carbocycles. The molecule has 0 aliphatic carbocycles. The third-order valence-corrected chi connectivity index (χ3v) is 9.49. The zero-order valence-electron chi connectivity index (χ0n) is 11.8. The average molecular weight is 326 g/mol. The number of hydrogen-bond donors (Lipinski definition) is 0. The number of hydrogen-bond acceptors (Lipinski definition) is 2. The molecule has 0 unspecified atom stereocenters. The monoisotopic (exact) mass is 326 g/mol. The van der Waals surface area contributed by atoms with Crippen LogP contribution < -0.4 is 10.6 Å². The molecule has 2 nitrogen and oxygen atoms in total. The van der Waals surface area contributed by atoms with Crippen molar-refractivity contribution in [3.05, 3.63) is 91.0 Å². The van der Waals surface area contributed by atoms with E-state index < -0.39 is 16.6 Å². The lowest BCUT2D eigenvalue weighted by atomic mass is 10.4. The molecule has 0 bridgehead atoms. The van der Waals surface area contributed by atoms with Crippen molar-refractivity contribution in [2.45, 2.75) is 4.90 Å². The lowest BCUT2D eigenvalue weighted by Gasteiger charge is -2.18. The van der Waals surface area contributed by atoms with Gasteiger partial charge in [-0.05, 0) is 22.7 Å². The van der Waals surface area contributed by atoms with E-state index in [9.17, 15) is 8.42 Å². The summed E-state index contributed by atoms with van der Waals surface area (Å²) >= 11 is 0. The molecule has 0 radical (unpaired) electrons. The summed E-state index contributed by atoms with van der Waals surface area (Å²) in [6.45, 7) is 0. The van der Waals surface area contributed by atoms with Crippen LogP contribution in [0.1, 0.15) is 0 Å². The quantitative estimate of drug-likeness (QED) is 0.688. The predicted octanol–water partition coefficient (Wildman–Crippen LogP) is 3.51. The van der Waals surface area contributed by atoms with Crippen LogP contribution in [0.5, 0.6) is 0 Å². The minimum absolute atomic E-state index is 0.369. The van der Waals surface area contributed by atoms with E-state index in [0.717, 1.165) is 10.6 Å². The zero-order chi connectivity index (χ0) is 15.4. The second kappa shape index (κ2) is 6.43. The van der Waals surface area contributed by atoms with E-state index in [2.05, 4.69) is 0 Å². The molecular formula is C18H15O2PS. The summed E-state index contributed by atoms with van der Waals surface area (Å²) in [5.41, 5.74) is 0. The molecular weight excluding hydrogens is 311 g/mol. The van der Waals surface area contributed by atoms with E-state index in [-0.39, 0.29) is 0 Å². The molecule has 0 spiro atoms. The molecule has 110 valence electrons. The summed E-state index contributed by atoms with van der Waals surface area (Å²) < 4.78 is 26.3. The molecule has 0 saturated heterocycles. The number of rotatable bonds is 4.